The summed E-state index contributed by atoms with van der Waals surface area (Å²) in [6, 6.07) is -0.0662. The Bertz CT molecular complexity index is 757. The van der Waals surface area contributed by atoms with Crippen molar-refractivity contribution in [1.82, 2.24) is 9.80 Å². The SMILES string of the molecule is CCC[C@@H]1CCCC[C@H](C(C)=O)N1C(=O)OC(C)(C)C.CCC[C@@H]1CCCC[C@H](CO)N1C(=O)OC(C)(C)C. The number of carbonyl (C=O) groups excluding carboxylic acids is 3. The Labute approximate surface area is 238 Å². The zero-order valence-electron chi connectivity index (χ0n) is 26.4. The van der Waals surface area contributed by atoms with Crippen molar-refractivity contribution in [1.29, 1.82) is 0 Å². The van der Waals surface area contributed by atoms with Gasteiger partial charge >= 0.3 is 12.2 Å². The highest BCUT2D eigenvalue weighted by Crippen LogP contribution is 2.28. The maximum atomic E-state index is 12.5. The van der Waals surface area contributed by atoms with Crippen LogP contribution in [0.5, 0.6) is 0 Å². The molecule has 0 aromatic heterocycles. The van der Waals surface area contributed by atoms with Crippen molar-refractivity contribution in [2.45, 2.75) is 175 Å². The minimum absolute atomic E-state index is 0.0272. The van der Waals surface area contributed by atoms with E-state index >= 15 is 0 Å². The molecule has 0 saturated carbocycles. The van der Waals surface area contributed by atoms with Gasteiger partial charge < -0.3 is 14.6 Å². The highest BCUT2D eigenvalue weighted by atomic mass is 16.6. The van der Waals surface area contributed by atoms with E-state index in [0.29, 0.717) is 0 Å². The first-order chi connectivity index (χ1) is 18.1. The van der Waals surface area contributed by atoms with Crippen LogP contribution in [0.15, 0.2) is 0 Å². The van der Waals surface area contributed by atoms with Crippen molar-refractivity contribution in [2.24, 2.45) is 0 Å². The number of aliphatic hydroxyl groups excluding tert-OH is 1. The van der Waals surface area contributed by atoms with Crippen molar-refractivity contribution < 1.29 is 29.0 Å². The van der Waals surface area contributed by atoms with Crippen LogP contribution in [0.1, 0.15) is 139 Å². The molecule has 0 radical (unpaired) electrons. The Balaban J connectivity index is 0.000000391. The van der Waals surface area contributed by atoms with E-state index in [9.17, 15) is 19.5 Å². The van der Waals surface area contributed by atoms with E-state index in [4.69, 9.17) is 9.47 Å². The lowest BCUT2D eigenvalue weighted by Crippen LogP contribution is -2.50. The summed E-state index contributed by atoms with van der Waals surface area (Å²) in [5.41, 5.74) is -1.01. The van der Waals surface area contributed by atoms with E-state index in [0.717, 1.165) is 77.0 Å². The van der Waals surface area contributed by atoms with Crippen LogP contribution >= 0.6 is 0 Å². The van der Waals surface area contributed by atoms with Gasteiger partial charge in [-0.15, -0.1) is 0 Å². The Morgan fingerprint density at radius 2 is 1.08 bits per heavy atom. The van der Waals surface area contributed by atoms with Crippen molar-refractivity contribution >= 4 is 18.0 Å². The van der Waals surface area contributed by atoms with E-state index in [1.807, 2.05) is 46.4 Å². The fraction of sp³-hybridized carbons (Fsp3) is 0.903. The minimum Gasteiger partial charge on any atom is -0.444 e. The van der Waals surface area contributed by atoms with Gasteiger partial charge in [0.05, 0.1) is 18.7 Å². The first-order valence-electron chi connectivity index (χ1n) is 15.3. The molecule has 2 aliphatic rings. The monoisotopic (exact) mass is 554 g/mol. The Hall–Kier alpha value is -1.83. The molecule has 2 heterocycles. The molecule has 0 unspecified atom stereocenters. The summed E-state index contributed by atoms with van der Waals surface area (Å²) >= 11 is 0. The van der Waals surface area contributed by atoms with Gasteiger partial charge in [0.15, 0.2) is 5.78 Å². The largest absolute Gasteiger partial charge is 0.444 e. The van der Waals surface area contributed by atoms with Crippen molar-refractivity contribution in [2.75, 3.05) is 6.61 Å². The maximum Gasteiger partial charge on any atom is 0.411 e. The van der Waals surface area contributed by atoms with Gasteiger partial charge in [-0.25, -0.2) is 9.59 Å². The molecule has 8 heteroatoms. The van der Waals surface area contributed by atoms with Gasteiger partial charge in [0.25, 0.3) is 0 Å². The van der Waals surface area contributed by atoms with E-state index in [1.54, 1.807) is 11.8 Å². The molecule has 8 nitrogen and oxygen atoms in total. The summed E-state index contributed by atoms with van der Waals surface area (Å²) in [5, 5.41) is 9.57. The number of hydrogen-bond donors (Lipinski definition) is 1. The second-order valence-electron chi connectivity index (χ2n) is 13.2. The van der Waals surface area contributed by atoms with Crippen LogP contribution in [0, 0.1) is 0 Å². The van der Waals surface area contributed by atoms with E-state index in [1.165, 1.54) is 0 Å². The molecule has 0 aromatic carbocycles. The summed E-state index contributed by atoms with van der Waals surface area (Å²) in [7, 11) is 0. The molecule has 39 heavy (non-hydrogen) atoms. The molecule has 0 aliphatic carbocycles. The van der Waals surface area contributed by atoms with E-state index in [2.05, 4.69) is 13.8 Å². The first-order valence-corrected chi connectivity index (χ1v) is 15.3. The van der Waals surface area contributed by atoms with Crippen molar-refractivity contribution in [3.63, 3.8) is 0 Å². The van der Waals surface area contributed by atoms with Crippen molar-refractivity contribution in [3.05, 3.63) is 0 Å². The van der Waals surface area contributed by atoms with Gasteiger partial charge in [0.1, 0.15) is 11.2 Å². The number of carbonyl (C=O) groups is 3. The number of nitrogens with zero attached hydrogens (tertiary/aromatic N) is 2. The van der Waals surface area contributed by atoms with Gasteiger partial charge in [-0.1, -0.05) is 52.4 Å². The zero-order chi connectivity index (χ0) is 29.8. The summed E-state index contributed by atoms with van der Waals surface area (Å²) < 4.78 is 11.0. The number of hydrogen-bond acceptors (Lipinski definition) is 6. The summed E-state index contributed by atoms with van der Waals surface area (Å²) in [6.07, 6.45) is 11.3. The fourth-order valence-electron chi connectivity index (χ4n) is 5.60. The van der Waals surface area contributed by atoms with E-state index < -0.39 is 11.2 Å². The molecule has 2 fully saturated rings. The van der Waals surface area contributed by atoms with Gasteiger partial charge in [-0.05, 0) is 87.0 Å². The third-order valence-electron chi connectivity index (χ3n) is 7.24. The maximum absolute atomic E-state index is 12.5. The molecule has 228 valence electrons. The zero-order valence-corrected chi connectivity index (χ0v) is 26.4. The van der Waals surface area contributed by atoms with Crippen LogP contribution in [0.2, 0.25) is 0 Å². The molecule has 0 spiro atoms. The highest BCUT2D eigenvalue weighted by Gasteiger charge is 2.37. The molecule has 0 bridgehead atoms. The summed E-state index contributed by atoms with van der Waals surface area (Å²) in [6.45, 7) is 17.1. The van der Waals surface area contributed by atoms with Crippen LogP contribution in [0.25, 0.3) is 0 Å². The smallest absolute Gasteiger partial charge is 0.411 e. The van der Waals surface area contributed by atoms with Gasteiger partial charge in [0.2, 0.25) is 0 Å². The molecule has 0 aromatic rings. The van der Waals surface area contributed by atoms with Crippen molar-refractivity contribution in [3.8, 4) is 0 Å². The van der Waals surface area contributed by atoms with Gasteiger partial charge in [-0.3, -0.25) is 14.6 Å². The van der Waals surface area contributed by atoms with Gasteiger partial charge in [0, 0.05) is 12.1 Å². The van der Waals surface area contributed by atoms with Crippen LogP contribution in [0.4, 0.5) is 9.59 Å². The number of rotatable bonds is 6. The third-order valence-corrected chi connectivity index (χ3v) is 7.24. The average molecular weight is 555 g/mol. The molecular formula is C31H58N2O6. The Morgan fingerprint density at radius 3 is 1.46 bits per heavy atom. The molecule has 2 amide bonds. The summed E-state index contributed by atoms with van der Waals surface area (Å²) in [5.74, 6) is 0.0684. The Kier molecular flexibility index (Phi) is 14.8. The average Bonchev–Trinajstić information content (AvgIpc) is 3.14. The number of Topliss-reactive ketones (excluding diaryl/α,β-unsaturated/α-hetero) is 1. The molecule has 2 aliphatic heterocycles. The first kappa shape index (κ1) is 35.2. The standard InChI is InChI=1S/C16H29NO3.C15H29NO3/c1-6-9-13-10-7-8-11-14(12(2)18)17(13)15(19)20-16(3,4)5;1-5-8-12-9-6-7-10-13(11-17)16(12)14(18)19-15(2,3)4/h13-14H,6-11H2,1-5H3;12-13,17H,5-11H2,1-4H3/t13-,14-;12-,13-/m11/s1. The highest BCUT2D eigenvalue weighted by molar-refractivity contribution is 5.85. The Morgan fingerprint density at radius 1 is 0.692 bits per heavy atom. The predicted octanol–water partition coefficient (Wildman–Crippen LogP) is 7.25. The molecule has 4 atom stereocenters. The topological polar surface area (TPSA) is 96.4 Å². The predicted molar refractivity (Wildman–Crippen MR) is 156 cm³/mol. The van der Waals surface area contributed by atoms with Crippen LogP contribution in [-0.4, -0.2) is 74.9 Å². The summed E-state index contributed by atoms with van der Waals surface area (Å²) in [4.78, 5) is 40.4. The lowest BCUT2D eigenvalue weighted by atomic mass is 10.0. The number of aliphatic hydroxyl groups is 1. The second-order valence-corrected chi connectivity index (χ2v) is 13.2. The number of likely N-dealkylation sites (tertiary alicyclic amines) is 2. The molecular weight excluding hydrogens is 496 g/mol. The molecule has 2 saturated heterocycles. The number of ketones is 1. The normalized spacial score (nSPS) is 24.6. The minimum atomic E-state index is -0.526. The van der Waals surface area contributed by atoms with Crippen LogP contribution in [-0.2, 0) is 14.3 Å². The van der Waals surface area contributed by atoms with Crippen LogP contribution in [0.3, 0.4) is 0 Å². The third kappa shape index (κ3) is 12.5. The second kappa shape index (κ2) is 16.4. The quantitative estimate of drug-likeness (QED) is 0.371. The lowest BCUT2D eigenvalue weighted by molar-refractivity contribution is -0.123. The number of ether oxygens (including phenoxy) is 2. The molecule has 2 rings (SSSR count). The fourth-order valence-corrected chi connectivity index (χ4v) is 5.60. The van der Waals surface area contributed by atoms with Crippen LogP contribution < -0.4 is 0 Å². The number of amides is 2. The van der Waals surface area contributed by atoms with Gasteiger partial charge in [-0.2, -0.15) is 0 Å². The lowest BCUT2D eigenvalue weighted by Gasteiger charge is -2.36. The molecule has 1 N–H and O–H groups in total. The van der Waals surface area contributed by atoms with E-state index in [-0.39, 0.29) is 48.7 Å².